The Morgan fingerprint density at radius 1 is 0.750 bits per heavy atom. The molecule has 0 amide bonds. The Morgan fingerprint density at radius 3 is 1.88 bits per heavy atom. The van der Waals surface area contributed by atoms with E-state index in [1.165, 1.54) is 0 Å². The predicted molar refractivity (Wildman–Crippen MR) is 65.9 cm³/mol. The Balaban J connectivity index is 2.26. The van der Waals surface area contributed by atoms with Crippen LogP contribution in [-0.2, 0) is 16.5 Å². The van der Waals surface area contributed by atoms with Crippen LogP contribution in [0.5, 0.6) is 0 Å². The molecular formula is C13H12O2S. The highest BCUT2D eigenvalue weighted by Gasteiger charge is 1.97. The zero-order valence-corrected chi connectivity index (χ0v) is 9.56. The summed E-state index contributed by atoms with van der Waals surface area (Å²) in [7, 11) is -2.34. The van der Waals surface area contributed by atoms with Crippen molar-refractivity contribution in [1.29, 1.82) is 0 Å². The van der Waals surface area contributed by atoms with E-state index < -0.39 is 10.7 Å². The summed E-state index contributed by atoms with van der Waals surface area (Å²) in [5, 5.41) is 0. The second-order valence-corrected chi connectivity index (χ2v) is 4.54. The molecule has 0 N–H and O–H groups in total. The maximum atomic E-state index is 10.6. The van der Waals surface area contributed by atoms with Gasteiger partial charge in [-0.05, 0) is 16.7 Å². The molecule has 2 aromatic carbocycles. The first-order valence-electron chi connectivity index (χ1n) is 5.02. The number of hydrogen-bond acceptors (Lipinski definition) is 2. The third-order valence-corrected chi connectivity index (χ3v) is 3.00. The average Bonchev–Trinajstić information content (AvgIpc) is 2.30. The maximum absolute atomic E-state index is 10.6. The maximum Gasteiger partial charge on any atom is 0.144 e. The van der Waals surface area contributed by atoms with E-state index in [1.807, 2.05) is 54.6 Å². The van der Waals surface area contributed by atoms with Crippen molar-refractivity contribution in [2.24, 2.45) is 0 Å². The summed E-state index contributed by atoms with van der Waals surface area (Å²) >= 11 is 0. The third-order valence-electron chi connectivity index (χ3n) is 2.37. The molecular weight excluding hydrogens is 220 g/mol. The molecule has 0 saturated heterocycles. The Hall–Kier alpha value is -1.61. The summed E-state index contributed by atoms with van der Waals surface area (Å²) in [6.07, 6.45) is 0. The second-order valence-electron chi connectivity index (χ2n) is 3.55. The van der Waals surface area contributed by atoms with Crippen LogP contribution in [-0.4, -0.2) is 8.42 Å². The van der Waals surface area contributed by atoms with Gasteiger partial charge in [-0.25, -0.2) is 8.42 Å². The monoisotopic (exact) mass is 232 g/mol. The molecule has 0 bridgehead atoms. The standard InChI is InChI=1S/C13H12O2S/c14-16(15)10-11-6-8-13(9-7-11)12-4-2-1-3-5-12/h1-9,16H,10H2. The predicted octanol–water partition coefficient (Wildman–Crippen LogP) is 2.47. The van der Waals surface area contributed by atoms with Crippen LogP contribution in [0.15, 0.2) is 54.6 Å². The molecule has 0 saturated carbocycles. The van der Waals surface area contributed by atoms with E-state index in [9.17, 15) is 8.42 Å². The molecule has 2 nitrogen and oxygen atoms in total. The fourth-order valence-electron chi connectivity index (χ4n) is 1.58. The lowest BCUT2D eigenvalue weighted by Crippen LogP contribution is -1.86. The Bertz CT molecular complexity index is 520. The zero-order valence-electron chi connectivity index (χ0n) is 8.67. The molecule has 0 aliphatic carbocycles. The van der Waals surface area contributed by atoms with Crippen molar-refractivity contribution in [1.82, 2.24) is 0 Å². The highest BCUT2D eigenvalue weighted by atomic mass is 32.2. The van der Waals surface area contributed by atoms with Gasteiger partial charge in [-0.3, -0.25) is 0 Å². The lowest BCUT2D eigenvalue weighted by molar-refractivity contribution is 0.614. The smallest absolute Gasteiger partial charge is 0.144 e. The molecule has 0 aliphatic heterocycles. The molecule has 16 heavy (non-hydrogen) atoms. The SMILES string of the molecule is O=[SH](=O)Cc1ccc(-c2ccccc2)cc1. The van der Waals surface area contributed by atoms with Gasteiger partial charge in [-0.1, -0.05) is 54.6 Å². The Kier molecular flexibility index (Phi) is 3.37. The van der Waals surface area contributed by atoms with Crippen molar-refractivity contribution in [3.63, 3.8) is 0 Å². The van der Waals surface area contributed by atoms with Gasteiger partial charge >= 0.3 is 0 Å². The topological polar surface area (TPSA) is 34.1 Å². The van der Waals surface area contributed by atoms with E-state index in [-0.39, 0.29) is 5.75 Å². The zero-order chi connectivity index (χ0) is 11.4. The van der Waals surface area contributed by atoms with Gasteiger partial charge in [0.1, 0.15) is 10.7 Å². The molecule has 2 rings (SSSR count). The van der Waals surface area contributed by atoms with Crippen molar-refractivity contribution >= 4 is 10.7 Å². The minimum absolute atomic E-state index is 0.115. The van der Waals surface area contributed by atoms with Crippen molar-refractivity contribution in [3.8, 4) is 11.1 Å². The van der Waals surface area contributed by atoms with Gasteiger partial charge in [-0.2, -0.15) is 0 Å². The van der Waals surface area contributed by atoms with Crippen LogP contribution < -0.4 is 0 Å². The summed E-state index contributed by atoms with van der Waals surface area (Å²) < 4.78 is 21.1. The molecule has 3 heteroatoms. The minimum atomic E-state index is -2.34. The van der Waals surface area contributed by atoms with Crippen molar-refractivity contribution in [2.75, 3.05) is 0 Å². The molecule has 0 unspecified atom stereocenters. The van der Waals surface area contributed by atoms with Crippen LogP contribution in [0.25, 0.3) is 11.1 Å². The fraction of sp³-hybridized carbons (Fsp3) is 0.0769. The third kappa shape index (κ3) is 2.70. The first-order valence-corrected chi connectivity index (χ1v) is 6.38. The normalized spacial score (nSPS) is 10.6. The number of hydrogen-bond donors (Lipinski definition) is 1. The summed E-state index contributed by atoms with van der Waals surface area (Å²) in [4.78, 5) is 0. The quantitative estimate of drug-likeness (QED) is 0.825. The van der Waals surface area contributed by atoms with Gasteiger partial charge in [0.25, 0.3) is 0 Å². The van der Waals surface area contributed by atoms with E-state index >= 15 is 0 Å². The molecule has 0 radical (unpaired) electrons. The number of benzene rings is 2. The minimum Gasteiger partial charge on any atom is -0.232 e. The lowest BCUT2D eigenvalue weighted by Gasteiger charge is -2.02. The molecule has 2 aromatic rings. The second kappa shape index (κ2) is 4.94. The van der Waals surface area contributed by atoms with Crippen molar-refractivity contribution in [2.45, 2.75) is 5.75 Å². The number of rotatable bonds is 3. The molecule has 0 fully saturated rings. The van der Waals surface area contributed by atoms with Crippen LogP contribution in [0.3, 0.4) is 0 Å². The molecule has 0 aliphatic rings. The van der Waals surface area contributed by atoms with Gasteiger partial charge < -0.3 is 0 Å². The molecule has 82 valence electrons. The highest BCUT2D eigenvalue weighted by molar-refractivity contribution is 7.71. The average molecular weight is 232 g/mol. The van der Waals surface area contributed by atoms with Gasteiger partial charge in [0.15, 0.2) is 0 Å². The van der Waals surface area contributed by atoms with Crippen LogP contribution in [0, 0.1) is 0 Å². The molecule has 0 heterocycles. The van der Waals surface area contributed by atoms with E-state index in [0.29, 0.717) is 0 Å². The van der Waals surface area contributed by atoms with E-state index in [4.69, 9.17) is 0 Å². The van der Waals surface area contributed by atoms with Gasteiger partial charge in [0.05, 0.1) is 5.75 Å². The number of thiol groups is 1. The summed E-state index contributed by atoms with van der Waals surface area (Å²) in [6, 6.07) is 17.6. The van der Waals surface area contributed by atoms with Crippen LogP contribution in [0.2, 0.25) is 0 Å². The van der Waals surface area contributed by atoms with Crippen LogP contribution in [0.4, 0.5) is 0 Å². The Labute approximate surface area is 96.5 Å². The van der Waals surface area contributed by atoms with Crippen molar-refractivity contribution in [3.05, 3.63) is 60.2 Å². The molecule has 0 aromatic heterocycles. The van der Waals surface area contributed by atoms with E-state index in [1.54, 1.807) is 0 Å². The first-order chi connectivity index (χ1) is 7.75. The highest BCUT2D eigenvalue weighted by Crippen LogP contribution is 2.19. The van der Waals surface area contributed by atoms with Crippen LogP contribution >= 0.6 is 0 Å². The van der Waals surface area contributed by atoms with Crippen LogP contribution in [0.1, 0.15) is 5.56 Å². The van der Waals surface area contributed by atoms with E-state index in [2.05, 4.69) is 0 Å². The Morgan fingerprint density at radius 2 is 1.31 bits per heavy atom. The molecule has 0 spiro atoms. The lowest BCUT2D eigenvalue weighted by atomic mass is 10.0. The first kappa shape index (κ1) is 10.9. The molecule has 0 atom stereocenters. The summed E-state index contributed by atoms with van der Waals surface area (Å²) in [5.74, 6) is 0.115. The van der Waals surface area contributed by atoms with Gasteiger partial charge in [0, 0.05) is 0 Å². The summed E-state index contributed by atoms with van der Waals surface area (Å²) in [6.45, 7) is 0. The fourth-order valence-corrected chi connectivity index (χ4v) is 2.09. The van der Waals surface area contributed by atoms with Gasteiger partial charge in [0.2, 0.25) is 0 Å². The summed E-state index contributed by atoms with van der Waals surface area (Å²) in [5.41, 5.74) is 3.07. The van der Waals surface area contributed by atoms with Gasteiger partial charge in [-0.15, -0.1) is 0 Å². The van der Waals surface area contributed by atoms with E-state index in [0.717, 1.165) is 16.7 Å². The van der Waals surface area contributed by atoms with Crippen molar-refractivity contribution < 1.29 is 8.42 Å². The largest absolute Gasteiger partial charge is 0.232 e.